The Hall–Kier alpha value is -0.780. The lowest BCUT2D eigenvalue weighted by atomic mass is 9.45. The molecular formula is C27H40. The molecular weight excluding hydrogens is 324 g/mol. The Labute approximate surface area is 167 Å². The first kappa shape index (κ1) is 18.3. The van der Waals surface area contributed by atoms with Crippen LogP contribution in [0.3, 0.4) is 0 Å². The summed E-state index contributed by atoms with van der Waals surface area (Å²) in [4.78, 5) is 0. The van der Waals surface area contributed by atoms with E-state index in [1.54, 1.807) is 24.8 Å². The number of hydrogen-bond donors (Lipinski definition) is 0. The molecule has 0 aromatic heterocycles. The van der Waals surface area contributed by atoms with Crippen molar-refractivity contribution in [3.05, 3.63) is 35.4 Å². The van der Waals surface area contributed by atoms with Crippen molar-refractivity contribution in [2.75, 3.05) is 0 Å². The van der Waals surface area contributed by atoms with Crippen LogP contribution in [0, 0.1) is 47.3 Å². The quantitative estimate of drug-likeness (QED) is 0.507. The van der Waals surface area contributed by atoms with Crippen LogP contribution in [0.2, 0.25) is 0 Å². The van der Waals surface area contributed by atoms with Crippen LogP contribution in [0.1, 0.15) is 89.2 Å². The molecule has 0 heteroatoms. The molecule has 5 rings (SSSR count). The van der Waals surface area contributed by atoms with Crippen molar-refractivity contribution in [1.29, 1.82) is 0 Å². The highest BCUT2D eigenvalue weighted by atomic mass is 14.6. The minimum Gasteiger partial charge on any atom is -0.0594 e. The molecule has 0 spiro atoms. The molecule has 0 nitrogen and oxygen atoms in total. The Bertz CT molecular complexity index is 672. The zero-order valence-corrected chi connectivity index (χ0v) is 18.0. The molecule has 1 aromatic rings. The number of aryl methyl sites for hydroxylation is 1. The number of rotatable bonds is 2. The first-order chi connectivity index (χ1) is 13.0. The molecule has 0 radical (unpaired) electrons. The SMILES string of the molecule is Cc1ccc(CC2C[C@H]3[C@@H]4CCC5CCCC[C@]5(C)[C@@H]4CC[C@]3(C)C2)cc1. The first-order valence-corrected chi connectivity index (χ1v) is 12.0. The van der Waals surface area contributed by atoms with Crippen LogP contribution in [-0.2, 0) is 6.42 Å². The van der Waals surface area contributed by atoms with E-state index >= 15 is 0 Å². The van der Waals surface area contributed by atoms with Crippen molar-refractivity contribution in [2.24, 2.45) is 40.4 Å². The van der Waals surface area contributed by atoms with Crippen LogP contribution in [0.5, 0.6) is 0 Å². The highest BCUT2D eigenvalue weighted by molar-refractivity contribution is 5.22. The highest BCUT2D eigenvalue weighted by Gasteiger charge is 2.58. The average molecular weight is 365 g/mol. The topological polar surface area (TPSA) is 0 Å². The third kappa shape index (κ3) is 3.01. The normalized spacial score (nSPS) is 46.4. The van der Waals surface area contributed by atoms with E-state index in [-0.39, 0.29) is 0 Å². The van der Waals surface area contributed by atoms with Gasteiger partial charge >= 0.3 is 0 Å². The minimum absolute atomic E-state index is 0.647. The second kappa shape index (κ2) is 6.64. The van der Waals surface area contributed by atoms with E-state index in [2.05, 4.69) is 45.0 Å². The Kier molecular flexibility index (Phi) is 4.49. The van der Waals surface area contributed by atoms with Crippen molar-refractivity contribution in [3.63, 3.8) is 0 Å². The van der Waals surface area contributed by atoms with E-state index in [4.69, 9.17) is 0 Å². The summed E-state index contributed by atoms with van der Waals surface area (Å²) in [5.41, 5.74) is 4.31. The van der Waals surface area contributed by atoms with Crippen LogP contribution in [0.15, 0.2) is 24.3 Å². The zero-order chi connectivity index (χ0) is 18.6. The average Bonchev–Trinajstić information content (AvgIpc) is 2.99. The molecule has 0 bridgehead atoms. The summed E-state index contributed by atoms with van der Waals surface area (Å²) in [7, 11) is 0. The second-order valence-electron chi connectivity index (χ2n) is 11.6. The molecule has 0 heterocycles. The molecule has 4 saturated carbocycles. The van der Waals surface area contributed by atoms with Crippen molar-refractivity contribution in [2.45, 2.75) is 91.4 Å². The third-order valence-corrected chi connectivity index (χ3v) is 10.1. The van der Waals surface area contributed by atoms with E-state index in [0.717, 1.165) is 29.6 Å². The van der Waals surface area contributed by atoms with E-state index < -0.39 is 0 Å². The van der Waals surface area contributed by atoms with Crippen LogP contribution in [0.4, 0.5) is 0 Å². The number of benzene rings is 1. The van der Waals surface area contributed by atoms with Crippen molar-refractivity contribution < 1.29 is 0 Å². The van der Waals surface area contributed by atoms with Gasteiger partial charge in [-0.25, -0.2) is 0 Å². The molecule has 4 aliphatic carbocycles. The molecule has 1 aromatic carbocycles. The van der Waals surface area contributed by atoms with Gasteiger partial charge in [0.25, 0.3) is 0 Å². The van der Waals surface area contributed by atoms with Crippen LogP contribution in [0.25, 0.3) is 0 Å². The first-order valence-electron chi connectivity index (χ1n) is 12.0. The van der Waals surface area contributed by atoms with Gasteiger partial charge in [0.2, 0.25) is 0 Å². The minimum atomic E-state index is 0.647. The van der Waals surface area contributed by atoms with E-state index in [1.165, 1.54) is 56.9 Å². The van der Waals surface area contributed by atoms with Gasteiger partial charge in [0.05, 0.1) is 0 Å². The van der Waals surface area contributed by atoms with Gasteiger partial charge in [-0.3, -0.25) is 0 Å². The lowest BCUT2D eigenvalue weighted by molar-refractivity contribution is -0.103. The van der Waals surface area contributed by atoms with Crippen molar-refractivity contribution in [1.82, 2.24) is 0 Å². The smallest absolute Gasteiger partial charge is 0.0250 e. The van der Waals surface area contributed by atoms with Crippen LogP contribution < -0.4 is 0 Å². The van der Waals surface area contributed by atoms with Gasteiger partial charge in [0.1, 0.15) is 0 Å². The number of fused-ring (bicyclic) bond motifs is 5. The second-order valence-corrected chi connectivity index (χ2v) is 11.6. The van der Waals surface area contributed by atoms with Gasteiger partial charge in [-0.05, 0) is 111 Å². The predicted molar refractivity (Wildman–Crippen MR) is 115 cm³/mol. The highest BCUT2D eigenvalue weighted by Crippen LogP contribution is 2.67. The lowest BCUT2D eigenvalue weighted by Gasteiger charge is -2.60. The standard InChI is InChI=1S/C27H40/c1-19-7-9-20(10-8-19)16-21-17-25-23-12-11-22-6-4-5-14-27(22,3)24(23)13-15-26(25,2)18-21/h7-10,21-25H,4-6,11-18H2,1-3H3/t21?,22?,23-,24-,25+,26-,27+/m1/s1. The summed E-state index contributed by atoms with van der Waals surface area (Å²) in [6, 6.07) is 9.38. The number of hydrogen-bond acceptors (Lipinski definition) is 0. The fraction of sp³-hybridized carbons (Fsp3) is 0.778. The Morgan fingerprint density at radius 2 is 1.70 bits per heavy atom. The maximum atomic E-state index is 2.72. The molecule has 4 aliphatic rings. The van der Waals surface area contributed by atoms with E-state index in [0.29, 0.717) is 10.8 Å². The fourth-order valence-corrected chi connectivity index (χ4v) is 8.72. The van der Waals surface area contributed by atoms with E-state index in [1.807, 2.05) is 0 Å². The van der Waals surface area contributed by atoms with Gasteiger partial charge < -0.3 is 0 Å². The maximum Gasteiger partial charge on any atom is -0.0250 e. The van der Waals surface area contributed by atoms with Gasteiger partial charge in [0, 0.05) is 0 Å². The molecule has 0 saturated heterocycles. The molecule has 148 valence electrons. The molecule has 7 atom stereocenters. The van der Waals surface area contributed by atoms with Gasteiger partial charge in [-0.2, -0.15) is 0 Å². The fourth-order valence-electron chi connectivity index (χ4n) is 8.72. The Balaban J connectivity index is 1.34. The van der Waals surface area contributed by atoms with Gasteiger partial charge in [-0.15, -0.1) is 0 Å². The molecule has 0 amide bonds. The van der Waals surface area contributed by atoms with E-state index in [9.17, 15) is 0 Å². The predicted octanol–water partition coefficient (Wildman–Crippen LogP) is 7.59. The summed E-state index contributed by atoms with van der Waals surface area (Å²) >= 11 is 0. The van der Waals surface area contributed by atoms with Crippen molar-refractivity contribution in [3.8, 4) is 0 Å². The van der Waals surface area contributed by atoms with Gasteiger partial charge in [0.15, 0.2) is 0 Å². The Morgan fingerprint density at radius 3 is 2.52 bits per heavy atom. The maximum absolute atomic E-state index is 2.72. The molecule has 27 heavy (non-hydrogen) atoms. The van der Waals surface area contributed by atoms with Crippen LogP contribution >= 0.6 is 0 Å². The molecule has 2 unspecified atom stereocenters. The largest absolute Gasteiger partial charge is 0.0594 e. The summed E-state index contributed by atoms with van der Waals surface area (Å²) in [5, 5.41) is 0. The zero-order valence-electron chi connectivity index (χ0n) is 18.0. The molecule has 0 N–H and O–H groups in total. The summed E-state index contributed by atoms with van der Waals surface area (Å²) in [6.07, 6.45) is 16.6. The lowest BCUT2D eigenvalue weighted by Crippen LogP contribution is -2.51. The van der Waals surface area contributed by atoms with Crippen molar-refractivity contribution >= 4 is 0 Å². The third-order valence-electron chi connectivity index (χ3n) is 10.1. The summed E-state index contributed by atoms with van der Waals surface area (Å²) < 4.78 is 0. The molecule has 0 aliphatic heterocycles. The molecule has 4 fully saturated rings. The van der Waals surface area contributed by atoms with Crippen LogP contribution in [-0.4, -0.2) is 0 Å². The Morgan fingerprint density at radius 1 is 0.889 bits per heavy atom. The van der Waals surface area contributed by atoms with Gasteiger partial charge in [-0.1, -0.05) is 56.5 Å². The summed E-state index contributed by atoms with van der Waals surface area (Å²) in [6.45, 7) is 7.60. The monoisotopic (exact) mass is 364 g/mol. The summed E-state index contributed by atoms with van der Waals surface area (Å²) in [5.74, 6) is 5.10.